The molecule has 3 aromatic rings. The third kappa shape index (κ3) is 7.98. The number of pyridine rings is 1. The van der Waals surface area contributed by atoms with Crippen molar-refractivity contribution in [2.24, 2.45) is 11.8 Å². The van der Waals surface area contributed by atoms with Gasteiger partial charge in [0.15, 0.2) is 6.10 Å². The van der Waals surface area contributed by atoms with Gasteiger partial charge in [0.25, 0.3) is 5.91 Å². The van der Waals surface area contributed by atoms with E-state index in [1.54, 1.807) is 0 Å². The fraction of sp³-hybridized carbons (Fsp3) is 0.513. The summed E-state index contributed by atoms with van der Waals surface area (Å²) in [6.45, 7) is 16.0. The van der Waals surface area contributed by atoms with Crippen LogP contribution in [-0.4, -0.2) is 41.7 Å². The summed E-state index contributed by atoms with van der Waals surface area (Å²) in [5.74, 6) is 0.854. The lowest BCUT2D eigenvalue weighted by Gasteiger charge is -2.44. The van der Waals surface area contributed by atoms with Crippen LogP contribution in [0.25, 0.3) is 11.1 Å². The Kier molecular flexibility index (Phi) is 10.5. The Morgan fingerprint density at radius 1 is 0.935 bits per heavy atom. The molecule has 1 amide bonds. The molecule has 1 N–H and O–H groups in total. The molecule has 7 heteroatoms. The molecule has 2 aliphatic rings. The number of amides is 1. The van der Waals surface area contributed by atoms with Gasteiger partial charge in [0.05, 0.1) is 17.4 Å². The Morgan fingerprint density at radius 2 is 1.61 bits per heavy atom. The van der Waals surface area contributed by atoms with Crippen LogP contribution >= 0.6 is 0 Å². The molecule has 1 aliphatic heterocycles. The van der Waals surface area contributed by atoms with E-state index in [9.17, 15) is 9.59 Å². The number of nitrogens with zero attached hydrogens (tertiary/aromatic N) is 2. The standard InChI is InChI=1S/C39H51N3O4/c1-25(2)45-38(44)36(46-39(5,6)7)34-27(4)41-26(3)33(35(34)42-22-21-29-15-11-12-16-32(29)24-42)30-17-19-31(20-18-30)37(43)40-23-28-13-9-8-10-14-28/h8-10,13-14,17-20,25,29,32,36H,11-12,15-16,21-24H2,1-7H3,(H,40,43)/t29-,32+,36+/m1/s1. The minimum atomic E-state index is -0.934. The second kappa shape index (κ2) is 14.4. The molecule has 46 heavy (non-hydrogen) atoms. The van der Waals surface area contributed by atoms with Crippen molar-refractivity contribution in [1.82, 2.24) is 10.3 Å². The lowest BCUT2D eigenvalue weighted by Crippen LogP contribution is -2.43. The number of rotatable bonds is 9. The molecule has 2 heterocycles. The Bertz CT molecular complexity index is 1510. The van der Waals surface area contributed by atoms with Crippen molar-refractivity contribution in [2.45, 2.75) is 105 Å². The van der Waals surface area contributed by atoms with Crippen LogP contribution in [0, 0.1) is 25.7 Å². The zero-order valence-corrected chi connectivity index (χ0v) is 28.7. The molecule has 3 atom stereocenters. The van der Waals surface area contributed by atoms with Gasteiger partial charge < -0.3 is 19.7 Å². The largest absolute Gasteiger partial charge is 0.461 e. The summed E-state index contributed by atoms with van der Waals surface area (Å²) in [4.78, 5) is 34.4. The first-order chi connectivity index (χ1) is 21.9. The van der Waals surface area contributed by atoms with Crippen LogP contribution in [0.3, 0.4) is 0 Å². The van der Waals surface area contributed by atoms with E-state index in [-0.39, 0.29) is 12.0 Å². The number of hydrogen-bond donors (Lipinski definition) is 1. The third-order valence-electron chi connectivity index (χ3n) is 9.22. The van der Waals surface area contributed by atoms with Gasteiger partial charge in [-0.15, -0.1) is 0 Å². The van der Waals surface area contributed by atoms with Crippen molar-refractivity contribution in [3.63, 3.8) is 0 Å². The van der Waals surface area contributed by atoms with Crippen LogP contribution in [-0.2, 0) is 20.8 Å². The van der Waals surface area contributed by atoms with Crippen LogP contribution < -0.4 is 10.2 Å². The number of piperidine rings is 1. The number of ether oxygens (including phenoxy) is 2. The highest BCUT2D eigenvalue weighted by atomic mass is 16.6. The first kappa shape index (κ1) is 33.6. The molecular formula is C39H51N3O4. The van der Waals surface area contributed by atoms with E-state index in [4.69, 9.17) is 14.5 Å². The van der Waals surface area contributed by atoms with Crippen molar-refractivity contribution < 1.29 is 19.1 Å². The van der Waals surface area contributed by atoms with Gasteiger partial charge >= 0.3 is 5.97 Å². The average molecular weight is 626 g/mol. The molecule has 2 fully saturated rings. The average Bonchev–Trinajstić information content (AvgIpc) is 3.02. The summed E-state index contributed by atoms with van der Waals surface area (Å²) in [7, 11) is 0. The molecule has 0 unspecified atom stereocenters. The smallest absolute Gasteiger partial charge is 0.340 e. The number of aromatic nitrogens is 1. The lowest BCUT2D eigenvalue weighted by molar-refractivity contribution is -0.171. The summed E-state index contributed by atoms with van der Waals surface area (Å²) in [6.07, 6.45) is 5.05. The highest BCUT2D eigenvalue weighted by Gasteiger charge is 2.39. The van der Waals surface area contributed by atoms with Gasteiger partial charge in [-0.05, 0) is 96.4 Å². The van der Waals surface area contributed by atoms with E-state index in [2.05, 4.69) is 10.2 Å². The second-order valence-electron chi connectivity index (χ2n) is 14.3. The van der Waals surface area contributed by atoms with Gasteiger partial charge in [0.2, 0.25) is 0 Å². The number of hydrogen-bond acceptors (Lipinski definition) is 6. The van der Waals surface area contributed by atoms with Crippen LogP contribution in [0.2, 0.25) is 0 Å². The van der Waals surface area contributed by atoms with Crippen LogP contribution in [0.1, 0.15) is 106 Å². The maximum atomic E-state index is 13.8. The third-order valence-corrected chi connectivity index (χ3v) is 9.22. The van der Waals surface area contributed by atoms with Crippen molar-refractivity contribution >= 4 is 17.6 Å². The zero-order valence-electron chi connectivity index (χ0n) is 28.7. The summed E-state index contributed by atoms with van der Waals surface area (Å²) in [6, 6.07) is 17.7. The van der Waals surface area contributed by atoms with Crippen molar-refractivity contribution in [1.29, 1.82) is 0 Å². The predicted molar refractivity (Wildman–Crippen MR) is 184 cm³/mol. The number of fused-ring (bicyclic) bond motifs is 1. The van der Waals surface area contributed by atoms with Crippen LogP contribution in [0.4, 0.5) is 5.69 Å². The normalized spacial score (nSPS) is 19.0. The SMILES string of the molecule is Cc1nc(C)c([C@H](OC(C)(C)C)C(=O)OC(C)C)c(N2CC[C@H]3CCCC[C@H]3C2)c1-c1ccc(C(=O)NCc2ccccc2)cc1. The van der Waals surface area contributed by atoms with E-state index < -0.39 is 17.7 Å². The quantitative estimate of drug-likeness (QED) is 0.242. The van der Waals surface area contributed by atoms with Crippen molar-refractivity contribution in [3.05, 3.63) is 82.7 Å². The second-order valence-corrected chi connectivity index (χ2v) is 14.3. The Hall–Kier alpha value is -3.71. The van der Waals surface area contributed by atoms with Gasteiger partial charge in [-0.1, -0.05) is 61.7 Å². The van der Waals surface area contributed by atoms with E-state index in [1.807, 2.05) is 103 Å². The maximum Gasteiger partial charge on any atom is 0.340 e. The molecule has 1 aliphatic carbocycles. The summed E-state index contributed by atoms with van der Waals surface area (Å²) >= 11 is 0. The zero-order chi connectivity index (χ0) is 33.0. The Balaban J connectivity index is 1.58. The van der Waals surface area contributed by atoms with Gasteiger partial charge in [0.1, 0.15) is 0 Å². The number of esters is 1. The topological polar surface area (TPSA) is 80.8 Å². The molecule has 7 nitrogen and oxygen atoms in total. The van der Waals surface area contributed by atoms with E-state index in [0.717, 1.165) is 64.8 Å². The van der Waals surface area contributed by atoms with E-state index in [1.165, 1.54) is 25.7 Å². The summed E-state index contributed by atoms with van der Waals surface area (Å²) in [5.41, 5.74) is 6.42. The van der Waals surface area contributed by atoms with Crippen LogP contribution in [0.5, 0.6) is 0 Å². The number of benzene rings is 2. The minimum absolute atomic E-state index is 0.121. The molecule has 5 rings (SSSR count). The maximum absolute atomic E-state index is 13.8. The van der Waals surface area contributed by atoms with Crippen molar-refractivity contribution in [2.75, 3.05) is 18.0 Å². The van der Waals surface area contributed by atoms with Crippen LogP contribution in [0.15, 0.2) is 54.6 Å². The van der Waals surface area contributed by atoms with Crippen molar-refractivity contribution in [3.8, 4) is 11.1 Å². The Labute approximate surface area is 275 Å². The lowest BCUT2D eigenvalue weighted by atomic mass is 9.74. The summed E-state index contributed by atoms with van der Waals surface area (Å²) in [5, 5.41) is 3.03. The van der Waals surface area contributed by atoms with Gasteiger partial charge in [-0.25, -0.2) is 4.79 Å². The molecule has 0 radical (unpaired) electrons. The molecule has 0 bridgehead atoms. The Morgan fingerprint density at radius 3 is 2.26 bits per heavy atom. The van der Waals surface area contributed by atoms with Gasteiger partial charge in [0, 0.05) is 47.7 Å². The van der Waals surface area contributed by atoms with E-state index >= 15 is 0 Å². The molecule has 2 aromatic carbocycles. The molecule has 246 valence electrons. The number of carbonyl (C=O) groups is 2. The molecule has 0 spiro atoms. The molecule has 1 aromatic heterocycles. The highest BCUT2D eigenvalue weighted by Crippen LogP contribution is 2.46. The molecule has 1 saturated carbocycles. The fourth-order valence-corrected chi connectivity index (χ4v) is 7.18. The number of nitrogens with one attached hydrogen (secondary N) is 1. The predicted octanol–water partition coefficient (Wildman–Crippen LogP) is 8.12. The first-order valence-electron chi connectivity index (χ1n) is 17.0. The van der Waals surface area contributed by atoms with E-state index in [0.29, 0.717) is 18.0 Å². The van der Waals surface area contributed by atoms with Gasteiger partial charge in [-0.2, -0.15) is 0 Å². The van der Waals surface area contributed by atoms with Gasteiger partial charge in [-0.3, -0.25) is 9.78 Å². The monoisotopic (exact) mass is 625 g/mol. The number of anilines is 1. The first-order valence-corrected chi connectivity index (χ1v) is 17.0. The number of aryl methyl sites for hydroxylation is 2. The fourth-order valence-electron chi connectivity index (χ4n) is 7.18. The molecule has 1 saturated heterocycles. The molecular weight excluding hydrogens is 574 g/mol. The summed E-state index contributed by atoms with van der Waals surface area (Å²) < 4.78 is 12.4. The number of carbonyl (C=O) groups excluding carboxylic acids is 2. The highest BCUT2D eigenvalue weighted by molar-refractivity contribution is 5.95. The minimum Gasteiger partial charge on any atom is -0.461 e.